The molecule has 0 radical (unpaired) electrons. The fraction of sp³-hybridized carbons (Fsp3) is 0.632. The molecule has 3 nitrogen and oxygen atoms in total. The van der Waals surface area contributed by atoms with Gasteiger partial charge in [0.2, 0.25) is 0 Å². The number of hydrogen-bond acceptors (Lipinski definition) is 3. The van der Waals surface area contributed by atoms with Crippen LogP contribution >= 0.6 is 0 Å². The molecule has 0 amide bonds. The van der Waals surface area contributed by atoms with E-state index in [4.69, 9.17) is 9.47 Å². The third-order valence-electron chi connectivity index (χ3n) is 3.81. The molecule has 3 heteroatoms. The molecule has 1 aromatic rings. The Morgan fingerprint density at radius 3 is 1.73 bits per heavy atom. The van der Waals surface area contributed by atoms with Crippen LogP contribution in [0.3, 0.4) is 0 Å². The first-order valence-corrected chi connectivity index (χ1v) is 7.79. The Bertz CT molecular complexity index is 496. The van der Waals surface area contributed by atoms with E-state index >= 15 is 0 Å². The molecule has 1 aromatic carbocycles. The minimum Gasteiger partial charge on any atom is -0.496 e. The van der Waals surface area contributed by atoms with Gasteiger partial charge in [-0.05, 0) is 22.8 Å². The number of hydrogen-bond donors (Lipinski definition) is 0. The fourth-order valence-electron chi connectivity index (χ4n) is 2.52. The lowest BCUT2D eigenvalue weighted by molar-refractivity contribution is -0.140. The van der Waals surface area contributed by atoms with Crippen LogP contribution in [0.5, 0.6) is 5.75 Å². The molecule has 0 atom stereocenters. The Morgan fingerprint density at radius 2 is 1.41 bits per heavy atom. The van der Waals surface area contributed by atoms with E-state index < -0.39 is 0 Å². The summed E-state index contributed by atoms with van der Waals surface area (Å²) in [4.78, 5) is 11.4. The van der Waals surface area contributed by atoms with Crippen LogP contribution in [0, 0.1) is 0 Å². The topological polar surface area (TPSA) is 35.5 Å². The highest BCUT2D eigenvalue weighted by atomic mass is 16.5. The van der Waals surface area contributed by atoms with E-state index in [2.05, 4.69) is 53.7 Å². The highest BCUT2D eigenvalue weighted by Crippen LogP contribution is 2.40. The summed E-state index contributed by atoms with van der Waals surface area (Å²) in [5.74, 6) is 0.784. The van der Waals surface area contributed by atoms with Crippen LogP contribution in [0.1, 0.15) is 64.7 Å². The first-order chi connectivity index (χ1) is 10.0. The van der Waals surface area contributed by atoms with Crippen molar-refractivity contribution in [2.45, 2.75) is 65.2 Å². The van der Waals surface area contributed by atoms with Crippen molar-refractivity contribution in [3.05, 3.63) is 28.8 Å². The molecule has 1 rings (SSSR count). The van der Waals surface area contributed by atoms with Crippen LogP contribution in [-0.2, 0) is 26.8 Å². The number of methoxy groups -OCH3 is 2. The summed E-state index contributed by atoms with van der Waals surface area (Å²) in [7, 11) is 3.16. The second kappa shape index (κ2) is 6.72. The van der Waals surface area contributed by atoms with Crippen molar-refractivity contribution in [1.29, 1.82) is 0 Å². The summed E-state index contributed by atoms with van der Waals surface area (Å²) in [6, 6.07) is 4.33. The van der Waals surface area contributed by atoms with E-state index in [9.17, 15) is 4.79 Å². The highest BCUT2D eigenvalue weighted by molar-refractivity contribution is 5.69. The normalized spacial score (nSPS) is 12.2. The lowest BCUT2D eigenvalue weighted by atomic mass is 9.78. The van der Waals surface area contributed by atoms with Gasteiger partial charge in [0, 0.05) is 17.5 Å². The summed E-state index contributed by atoms with van der Waals surface area (Å²) in [6.07, 6.45) is 1.08. The number of aryl methyl sites for hydroxylation is 1. The van der Waals surface area contributed by atoms with Crippen molar-refractivity contribution in [2.75, 3.05) is 14.2 Å². The highest BCUT2D eigenvalue weighted by Gasteiger charge is 2.27. The summed E-state index contributed by atoms with van der Waals surface area (Å²) < 4.78 is 10.5. The maximum absolute atomic E-state index is 11.4. The molecular formula is C19H30O3. The Balaban J connectivity index is 3.40. The number of rotatable bonds is 4. The number of carbonyl (C=O) groups is 1. The number of esters is 1. The fourth-order valence-corrected chi connectivity index (χ4v) is 2.52. The van der Waals surface area contributed by atoms with Crippen molar-refractivity contribution in [2.24, 2.45) is 0 Å². The molecule has 0 saturated carbocycles. The molecule has 0 saturated heterocycles. The van der Waals surface area contributed by atoms with Gasteiger partial charge in [0.25, 0.3) is 0 Å². The maximum atomic E-state index is 11.4. The zero-order chi connectivity index (χ0) is 17.1. The Hall–Kier alpha value is -1.51. The average Bonchev–Trinajstić information content (AvgIpc) is 2.41. The monoisotopic (exact) mass is 306 g/mol. The lowest BCUT2D eigenvalue weighted by Crippen LogP contribution is -2.20. The lowest BCUT2D eigenvalue weighted by Gasteiger charge is -2.30. The minimum absolute atomic E-state index is 0.0212. The number of ether oxygens (including phenoxy) is 2. The van der Waals surface area contributed by atoms with Gasteiger partial charge < -0.3 is 9.47 Å². The third kappa shape index (κ3) is 4.49. The Labute approximate surface area is 135 Å². The molecule has 0 unspecified atom stereocenters. The van der Waals surface area contributed by atoms with Gasteiger partial charge >= 0.3 is 5.97 Å². The van der Waals surface area contributed by atoms with Gasteiger partial charge in [-0.3, -0.25) is 4.79 Å². The zero-order valence-corrected chi connectivity index (χ0v) is 15.3. The second-order valence-corrected chi connectivity index (χ2v) is 7.80. The summed E-state index contributed by atoms with van der Waals surface area (Å²) in [6.45, 7) is 13.1. The molecule has 0 aliphatic heterocycles. The van der Waals surface area contributed by atoms with Gasteiger partial charge in [0.15, 0.2) is 0 Å². The first-order valence-electron chi connectivity index (χ1n) is 7.79. The van der Waals surface area contributed by atoms with E-state index in [0.717, 1.165) is 11.3 Å². The molecule has 0 spiro atoms. The third-order valence-corrected chi connectivity index (χ3v) is 3.81. The van der Waals surface area contributed by atoms with Gasteiger partial charge in [-0.25, -0.2) is 0 Å². The molecule has 0 bridgehead atoms. The van der Waals surface area contributed by atoms with E-state index in [-0.39, 0.29) is 16.8 Å². The zero-order valence-electron chi connectivity index (χ0n) is 15.3. The van der Waals surface area contributed by atoms with Gasteiger partial charge in [0.05, 0.1) is 14.2 Å². The van der Waals surface area contributed by atoms with Crippen molar-refractivity contribution in [3.8, 4) is 5.75 Å². The summed E-state index contributed by atoms with van der Waals surface area (Å²) in [5, 5.41) is 0. The molecule has 0 aromatic heterocycles. The SMILES string of the molecule is COC(=O)CCc1cc(C(C)(C)C)c(OC)c(C(C)(C)C)c1. The largest absolute Gasteiger partial charge is 0.496 e. The first kappa shape index (κ1) is 18.5. The van der Waals surface area contributed by atoms with Crippen LogP contribution in [-0.4, -0.2) is 20.2 Å². The van der Waals surface area contributed by atoms with Crippen LogP contribution in [0.4, 0.5) is 0 Å². The summed E-state index contributed by atoms with van der Waals surface area (Å²) in [5.41, 5.74) is 3.48. The molecular weight excluding hydrogens is 276 g/mol. The quantitative estimate of drug-likeness (QED) is 0.774. The van der Waals surface area contributed by atoms with Crippen molar-refractivity contribution >= 4 is 5.97 Å². The second-order valence-electron chi connectivity index (χ2n) is 7.80. The van der Waals surface area contributed by atoms with Crippen LogP contribution in [0.25, 0.3) is 0 Å². The van der Waals surface area contributed by atoms with Crippen molar-refractivity contribution in [3.63, 3.8) is 0 Å². The minimum atomic E-state index is -0.176. The van der Waals surface area contributed by atoms with Crippen molar-refractivity contribution < 1.29 is 14.3 Å². The van der Waals surface area contributed by atoms with E-state index in [1.807, 2.05) is 0 Å². The molecule has 0 heterocycles. The van der Waals surface area contributed by atoms with Gasteiger partial charge in [-0.2, -0.15) is 0 Å². The average molecular weight is 306 g/mol. The van der Waals surface area contributed by atoms with E-state index in [1.165, 1.54) is 18.2 Å². The van der Waals surface area contributed by atoms with Gasteiger partial charge in [-0.15, -0.1) is 0 Å². The number of carbonyl (C=O) groups excluding carboxylic acids is 1. The molecule has 0 N–H and O–H groups in total. The van der Waals surface area contributed by atoms with Crippen LogP contribution < -0.4 is 4.74 Å². The molecule has 22 heavy (non-hydrogen) atoms. The van der Waals surface area contributed by atoms with Crippen LogP contribution in [0.2, 0.25) is 0 Å². The molecule has 0 aliphatic rings. The van der Waals surface area contributed by atoms with Crippen molar-refractivity contribution in [1.82, 2.24) is 0 Å². The summed E-state index contributed by atoms with van der Waals surface area (Å²) >= 11 is 0. The van der Waals surface area contributed by atoms with Gasteiger partial charge in [-0.1, -0.05) is 53.7 Å². The predicted octanol–water partition coefficient (Wildman–Crippen LogP) is 4.40. The maximum Gasteiger partial charge on any atom is 0.305 e. The molecule has 124 valence electrons. The molecule has 0 fully saturated rings. The molecule has 0 aliphatic carbocycles. The van der Waals surface area contributed by atoms with Gasteiger partial charge in [0.1, 0.15) is 5.75 Å². The van der Waals surface area contributed by atoms with E-state index in [0.29, 0.717) is 12.8 Å². The Morgan fingerprint density at radius 1 is 0.955 bits per heavy atom. The smallest absolute Gasteiger partial charge is 0.305 e. The Kier molecular flexibility index (Phi) is 5.66. The van der Waals surface area contributed by atoms with E-state index in [1.54, 1.807) is 7.11 Å². The van der Waals surface area contributed by atoms with Crippen LogP contribution in [0.15, 0.2) is 12.1 Å². The number of benzene rings is 1. The standard InChI is InChI=1S/C19H30O3/c1-18(2,3)14-11-13(9-10-16(20)21-7)12-15(17(14)22-8)19(4,5)6/h11-12H,9-10H2,1-8H3. The predicted molar refractivity (Wildman–Crippen MR) is 90.7 cm³/mol.